The Morgan fingerprint density at radius 2 is 2.05 bits per heavy atom. The van der Waals surface area contributed by atoms with Crippen molar-refractivity contribution in [1.29, 1.82) is 0 Å². The van der Waals surface area contributed by atoms with Crippen molar-refractivity contribution in [3.8, 4) is 10.4 Å². The van der Waals surface area contributed by atoms with E-state index in [2.05, 4.69) is 20.1 Å². The molecule has 0 radical (unpaired) electrons. The minimum atomic E-state index is -0.624. The first kappa shape index (κ1) is 30.2. The molecule has 1 saturated carbocycles. The summed E-state index contributed by atoms with van der Waals surface area (Å²) in [5, 5.41) is 5.93. The standard InChI is InChI=1S/C28H35ClN6O6S/c1-27(2,3)40-26(37)35-10-5-7-16(14-35)24(36)41-34-22(30)19-11-17-21(18(29)12-31-23(17)33-19)20-13-32-25(42-20)28(8-6-9-28)39-15-38-4/h11-13,16H,5-10,14-15H2,1-4H3,(H2,30,34)(H,31,33). The van der Waals surface area contributed by atoms with Gasteiger partial charge in [-0.3, -0.25) is 0 Å². The van der Waals surface area contributed by atoms with Crippen molar-refractivity contribution in [3.63, 3.8) is 0 Å². The molecule has 226 valence electrons. The number of aromatic nitrogens is 3. The number of methoxy groups -OCH3 is 1. The van der Waals surface area contributed by atoms with E-state index in [1.165, 1.54) is 16.2 Å². The summed E-state index contributed by atoms with van der Waals surface area (Å²) in [5.74, 6) is -1.14. The summed E-state index contributed by atoms with van der Waals surface area (Å²) in [6.45, 7) is 6.30. The smallest absolute Gasteiger partial charge is 0.410 e. The number of amides is 1. The molecule has 5 rings (SSSR count). The number of ether oxygens (including phenoxy) is 3. The van der Waals surface area contributed by atoms with E-state index in [1.54, 1.807) is 46.3 Å². The van der Waals surface area contributed by atoms with Gasteiger partial charge in [-0.1, -0.05) is 16.8 Å². The fourth-order valence-electron chi connectivity index (χ4n) is 5.01. The van der Waals surface area contributed by atoms with E-state index in [4.69, 9.17) is 36.4 Å². The van der Waals surface area contributed by atoms with Gasteiger partial charge in [0.15, 0.2) is 5.84 Å². The number of piperidine rings is 1. The Morgan fingerprint density at radius 3 is 2.74 bits per heavy atom. The average molecular weight is 619 g/mol. The minimum Gasteiger partial charge on any atom is -0.444 e. The SMILES string of the molecule is COCOC1(c2ncc(-c3c(Cl)cnc4[nH]c(/C(N)=N/OC(=O)C5CCCN(C(=O)OC(C)(C)C)C5)cc34)s2)CCC1. The van der Waals surface area contributed by atoms with Crippen LogP contribution in [-0.4, -0.2) is 70.3 Å². The van der Waals surface area contributed by atoms with E-state index in [0.29, 0.717) is 35.8 Å². The number of halogens is 1. The number of H-pyrrole nitrogens is 1. The Kier molecular flexibility index (Phi) is 8.74. The number of hydrogen-bond acceptors (Lipinski definition) is 10. The molecule has 1 aliphatic carbocycles. The Labute approximate surface area is 252 Å². The van der Waals surface area contributed by atoms with E-state index < -0.39 is 29.2 Å². The highest BCUT2D eigenvalue weighted by Crippen LogP contribution is 2.48. The van der Waals surface area contributed by atoms with Crippen LogP contribution in [0.2, 0.25) is 5.02 Å². The monoisotopic (exact) mass is 618 g/mol. The molecule has 1 amide bonds. The van der Waals surface area contributed by atoms with Crippen LogP contribution in [-0.2, 0) is 29.4 Å². The molecule has 1 atom stereocenters. The molecular formula is C28H35ClN6O6S. The largest absolute Gasteiger partial charge is 0.444 e. The first-order chi connectivity index (χ1) is 20.0. The number of likely N-dealkylation sites (tertiary alicyclic amines) is 1. The number of fused-ring (bicyclic) bond motifs is 1. The fraction of sp³-hybridized carbons (Fsp3) is 0.536. The van der Waals surface area contributed by atoms with Crippen LogP contribution in [0.5, 0.6) is 0 Å². The molecule has 4 heterocycles. The predicted molar refractivity (Wildman–Crippen MR) is 158 cm³/mol. The second kappa shape index (κ2) is 12.2. The lowest BCUT2D eigenvalue weighted by molar-refractivity contribution is -0.171. The molecule has 42 heavy (non-hydrogen) atoms. The first-order valence-corrected chi connectivity index (χ1v) is 15.0. The van der Waals surface area contributed by atoms with Gasteiger partial charge < -0.3 is 34.7 Å². The zero-order valence-corrected chi connectivity index (χ0v) is 25.6. The average Bonchev–Trinajstić information content (AvgIpc) is 3.58. The molecule has 3 N–H and O–H groups in total. The second-order valence-electron chi connectivity index (χ2n) is 11.5. The summed E-state index contributed by atoms with van der Waals surface area (Å²) < 4.78 is 16.6. The summed E-state index contributed by atoms with van der Waals surface area (Å²) >= 11 is 8.14. The maximum absolute atomic E-state index is 12.8. The van der Waals surface area contributed by atoms with Gasteiger partial charge in [0.25, 0.3) is 0 Å². The third-order valence-electron chi connectivity index (χ3n) is 7.28. The summed E-state index contributed by atoms with van der Waals surface area (Å²) in [6, 6.07) is 1.76. The topological polar surface area (TPSA) is 154 Å². The molecule has 0 bridgehead atoms. The number of aromatic amines is 1. The Morgan fingerprint density at radius 1 is 1.26 bits per heavy atom. The third kappa shape index (κ3) is 6.38. The van der Waals surface area contributed by atoms with E-state index in [9.17, 15) is 9.59 Å². The van der Waals surface area contributed by atoms with Gasteiger partial charge in [0.2, 0.25) is 0 Å². The predicted octanol–water partition coefficient (Wildman–Crippen LogP) is 5.15. The normalized spacial score (nSPS) is 19.0. The molecule has 3 aromatic heterocycles. The van der Waals surface area contributed by atoms with Crippen LogP contribution in [0.4, 0.5) is 4.79 Å². The maximum atomic E-state index is 12.8. The Hall–Kier alpha value is -3.26. The van der Waals surface area contributed by atoms with Crippen molar-refractivity contribution in [1.82, 2.24) is 19.9 Å². The fourth-order valence-corrected chi connectivity index (χ4v) is 6.51. The van der Waals surface area contributed by atoms with E-state index >= 15 is 0 Å². The van der Waals surface area contributed by atoms with Gasteiger partial charge in [-0.25, -0.2) is 19.6 Å². The zero-order chi connectivity index (χ0) is 30.1. The lowest BCUT2D eigenvalue weighted by Crippen LogP contribution is -2.44. The molecule has 14 heteroatoms. The van der Waals surface area contributed by atoms with Crippen LogP contribution in [0.1, 0.15) is 63.6 Å². The van der Waals surface area contributed by atoms with E-state index in [1.807, 2.05) is 0 Å². The molecule has 12 nitrogen and oxygen atoms in total. The number of nitrogens with two attached hydrogens (primary N) is 1. The Bertz CT molecular complexity index is 1490. The number of carbonyl (C=O) groups excluding carboxylic acids is 2. The molecular weight excluding hydrogens is 584 g/mol. The molecule has 0 spiro atoms. The molecule has 2 fully saturated rings. The van der Waals surface area contributed by atoms with Crippen LogP contribution in [0, 0.1) is 5.92 Å². The van der Waals surface area contributed by atoms with Crippen molar-refractivity contribution >= 4 is 51.9 Å². The summed E-state index contributed by atoms with van der Waals surface area (Å²) in [5.41, 5.74) is 6.84. The van der Waals surface area contributed by atoms with Crippen molar-refractivity contribution in [2.45, 2.75) is 64.1 Å². The molecule has 1 aliphatic heterocycles. The second-order valence-corrected chi connectivity index (χ2v) is 12.9. The number of oxime groups is 1. The van der Waals surface area contributed by atoms with Gasteiger partial charge >= 0.3 is 12.1 Å². The Balaban J connectivity index is 1.31. The van der Waals surface area contributed by atoms with Gasteiger partial charge in [0, 0.05) is 43.5 Å². The summed E-state index contributed by atoms with van der Waals surface area (Å²) in [4.78, 5) is 45.0. The zero-order valence-electron chi connectivity index (χ0n) is 24.1. The van der Waals surface area contributed by atoms with Gasteiger partial charge in [-0.05, 0) is 58.9 Å². The number of carbonyl (C=O) groups is 2. The van der Waals surface area contributed by atoms with Crippen LogP contribution >= 0.6 is 22.9 Å². The van der Waals surface area contributed by atoms with Crippen LogP contribution in [0.25, 0.3) is 21.5 Å². The number of pyridine rings is 1. The number of amidine groups is 1. The quantitative estimate of drug-likeness (QED) is 0.115. The highest BCUT2D eigenvalue weighted by molar-refractivity contribution is 7.15. The molecule has 1 saturated heterocycles. The summed E-state index contributed by atoms with van der Waals surface area (Å²) in [6.07, 6.45) is 6.92. The number of rotatable bonds is 8. The van der Waals surface area contributed by atoms with Gasteiger partial charge in [0.05, 0.1) is 21.5 Å². The number of nitrogens with one attached hydrogen (secondary N) is 1. The third-order valence-corrected chi connectivity index (χ3v) is 8.77. The van der Waals surface area contributed by atoms with Crippen molar-refractivity contribution in [2.24, 2.45) is 16.8 Å². The number of nitrogens with zero attached hydrogens (tertiary/aromatic N) is 4. The van der Waals surface area contributed by atoms with Crippen molar-refractivity contribution < 1.29 is 28.6 Å². The van der Waals surface area contributed by atoms with Gasteiger partial charge in [0.1, 0.15) is 28.6 Å². The molecule has 1 unspecified atom stereocenters. The summed E-state index contributed by atoms with van der Waals surface area (Å²) in [7, 11) is 1.60. The van der Waals surface area contributed by atoms with Gasteiger partial charge in [-0.15, -0.1) is 11.3 Å². The lowest BCUT2D eigenvalue weighted by atomic mass is 9.80. The molecule has 0 aromatic carbocycles. The molecule has 2 aliphatic rings. The maximum Gasteiger partial charge on any atom is 0.410 e. The van der Waals surface area contributed by atoms with E-state index in [-0.39, 0.29) is 19.2 Å². The van der Waals surface area contributed by atoms with Crippen LogP contribution in [0.15, 0.2) is 23.6 Å². The van der Waals surface area contributed by atoms with Crippen LogP contribution in [0.3, 0.4) is 0 Å². The van der Waals surface area contributed by atoms with Crippen molar-refractivity contribution in [3.05, 3.63) is 34.2 Å². The lowest BCUT2D eigenvalue weighted by Gasteiger charge is -2.39. The highest BCUT2D eigenvalue weighted by Gasteiger charge is 2.43. The van der Waals surface area contributed by atoms with E-state index in [0.717, 1.165) is 40.1 Å². The van der Waals surface area contributed by atoms with Crippen LogP contribution < -0.4 is 5.73 Å². The molecule has 3 aromatic rings. The highest BCUT2D eigenvalue weighted by atomic mass is 35.5. The first-order valence-electron chi connectivity index (χ1n) is 13.8. The van der Waals surface area contributed by atoms with Crippen molar-refractivity contribution in [2.75, 3.05) is 27.0 Å². The minimum absolute atomic E-state index is 0.0328. The van der Waals surface area contributed by atoms with Gasteiger partial charge in [-0.2, -0.15) is 0 Å². The number of hydrogen-bond donors (Lipinski definition) is 2. The number of thiazole rings is 1.